The summed E-state index contributed by atoms with van der Waals surface area (Å²) in [4.78, 5) is 0.107. The SMILES string of the molecule is COc1cccc(S(=O)(=O)Nc2ccccc2CNc2cc(Cl)c(Cl)c(Cl)c2)c1. The minimum absolute atomic E-state index is 0.107. The van der Waals surface area contributed by atoms with Crippen molar-refractivity contribution in [1.29, 1.82) is 0 Å². The maximum absolute atomic E-state index is 12.8. The number of methoxy groups -OCH3 is 1. The molecule has 0 aliphatic heterocycles. The molecular weight excluding hydrogens is 455 g/mol. The Bertz CT molecular complexity index is 1110. The molecule has 0 fully saturated rings. The van der Waals surface area contributed by atoms with E-state index in [2.05, 4.69) is 10.0 Å². The fourth-order valence-electron chi connectivity index (χ4n) is 2.60. The fraction of sp³-hybridized carbons (Fsp3) is 0.100. The predicted molar refractivity (Wildman–Crippen MR) is 119 cm³/mol. The van der Waals surface area contributed by atoms with E-state index in [1.807, 2.05) is 12.1 Å². The van der Waals surface area contributed by atoms with E-state index in [9.17, 15) is 8.42 Å². The molecular formula is C20H17Cl3N2O3S. The lowest BCUT2D eigenvalue weighted by Gasteiger charge is -2.15. The van der Waals surface area contributed by atoms with Crippen LogP contribution in [-0.4, -0.2) is 15.5 Å². The summed E-state index contributed by atoms with van der Waals surface area (Å²) in [5.41, 5.74) is 1.85. The zero-order valence-electron chi connectivity index (χ0n) is 15.2. The van der Waals surface area contributed by atoms with Crippen LogP contribution in [-0.2, 0) is 16.6 Å². The average molecular weight is 472 g/mol. The molecule has 0 bridgehead atoms. The Morgan fingerprint density at radius 2 is 1.62 bits per heavy atom. The van der Waals surface area contributed by atoms with Crippen molar-refractivity contribution in [3.63, 3.8) is 0 Å². The summed E-state index contributed by atoms with van der Waals surface area (Å²) in [6.45, 7) is 0.338. The largest absolute Gasteiger partial charge is 0.497 e. The summed E-state index contributed by atoms with van der Waals surface area (Å²) >= 11 is 18.1. The van der Waals surface area contributed by atoms with E-state index in [0.717, 1.165) is 5.56 Å². The van der Waals surface area contributed by atoms with Crippen LogP contribution in [0.4, 0.5) is 11.4 Å². The average Bonchev–Trinajstić information content (AvgIpc) is 2.71. The molecule has 3 aromatic carbocycles. The third-order valence-corrected chi connectivity index (χ3v) is 6.64. The van der Waals surface area contributed by atoms with Gasteiger partial charge in [0.05, 0.1) is 32.8 Å². The molecule has 0 radical (unpaired) electrons. The van der Waals surface area contributed by atoms with Gasteiger partial charge in [-0.15, -0.1) is 0 Å². The third kappa shape index (κ3) is 5.28. The van der Waals surface area contributed by atoms with Crippen molar-refractivity contribution in [2.45, 2.75) is 11.4 Å². The lowest BCUT2D eigenvalue weighted by molar-refractivity contribution is 0.413. The molecule has 29 heavy (non-hydrogen) atoms. The number of nitrogens with one attached hydrogen (secondary N) is 2. The van der Waals surface area contributed by atoms with E-state index in [4.69, 9.17) is 39.5 Å². The van der Waals surface area contributed by atoms with Crippen molar-refractivity contribution in [3.05, 3.63) is 81.3 Å². The number of sulfonamides is 1. The van der Waals surface area contributed by atoms with Crippen molar-refractivity contribution in [2.75, 3.05) is 17.1 Å². The number of halogens is 3. The molecule has 0 saturated carbocycles. The second kappa shape index (κ2) is 9.13. The van der Waals surface area contributed by atoms with Gasteiger partial charge < -0.3 is 10.1 Å². The van der Waals surface area contributed by atoms with Crippen LogP contribution in [0.5, 0.6) is 5.75 Å². The normalized spacial score (nSPS) is 11.2. The van der Waals surface area contributed by atoms with Crippen molar-refractivity contribution >= 4 is 56.2 Å². The molecule has 9 heteroatoms. The van der Waals surface area contributed by atoms with Gasteiger partial charge in [-0.1, -0.05) is 59.1 Å². The van der Waals surface area contributed by atoms with Crippen LogP contribution in [0.3, 0.4) is 0 Å². The molecule has 0 heterocycles. The van der Waals surface area contributed by atoms with Gasteiger partial charge in [0.2, 0.25) is 0 Å². The van der Waals surface area contributed by atoms with Gasteiger partial charge in [0.1, 0.15) is 5.75 Å². The molecule has 0 saturated heterocycles. The molecule has 5 nitrogen and oxygen atoms in total. The molecule has 0 unspecified atom stereocenters. The Morgan fingerprint density at radius 1 is 0.931 bits per heavy atom. The molecule has 152 valence electrons. The third-order valence-electron chi connectivity index (χ3n) is 4.08. The minimum Gasteiger partial charge on any atom is -0.497 e. The van der Waals surface area contributed by atoms with E-state index < -0.39 is 10.0 Å². The highest BCUT2D eigenvalue weighted by Gasteiger charge is 2.17. The highest BCUT2D eigenvalue weighted by molar-refractivity contribution is 7.92. The molecule has 3 aromatic rings. The number of benzene rings is 3. The molecule has 0 spiro atoms. The quantitative estimate of drug-likeness (QED) is 0.410. The van der Waals surface area contributed by atoms with Gasteiger partial charge in [-0.25, -0.2) is 8.42 Å². The molecule has 0 aliphatic carbocycles. The van der Waals surface area contributed by atoms with Crippen molar-refractivity contribution in [1.82, 2.24) is 0 Å². The summed E-state index contributed by atoms with van der Waals surface area (Å²) < 4.78 is 33.3. The van der Waals surface area contributed by atoms with E-state index in [-0.39, 0.29) is 9.92 Å². The second-order valence-corrected chi connectivity index (χ2v) is 8.92. The van der Waals surface area contributed by atoms with Crippen LogP contribution < -0.4 is 14.8 Å². The smallest absolute Gasteiger partial charge is 0.262 e. The number of hydrogen-bond acceptors (Lipinski definition) is 4. The van der Waals surface area contributed by atoms with Crippen LogP contribution in [0.1, 0.15) is 5.56 Å². The van der Waals surface area contributed by atoms with Gasteiger partial charge >= 0.3 is 0 Å². The van der Waals surface area contributed by atoms with Gasteiger partial charge in [-0.2, -0.15) is 0 Å². The van der Waals surface area contributed by atoms with Gasteiger partial charge in [0.15, 0.2) is 0 Å². The van der Waals surface area contributed by atoms with E-state index >= 15 is 0 Å². The zero-order valence-corrected chi connectivity index (χ0v) is 18.3. The zero-order chi connectivity index (χ0) is 21.0. The van der Waals surface area contributed by atoms with Gasteiger partial charge in [0, 0.05) is 18.3 Å². The van der Waals surface area contributed by atoms with Gasteiger partial charge in [-0.3, -0.25) is 4.72 Å². The predicted octanol–water partition coefficient (Wildman–Crippen LogP) is 6.07. The number of hydrogen-bond donors (Lipinski definition) is 2. The van der Waals surface area contributed by atoms with E-state index in [1.165, 1.54) is 19.2 Å². The lowest BCUT2D eigenvalue weighted by Crippen LogP contribution is -2.15. The van der Waals surface area contributed by atoms with Gasteiger partial charge in [-0.05, 0) is 35.9 Å². The molecule has 3 rings (SSSR count). The summed E-state index contributed by atoms with van der Waals surface area (Å²) in [5.74, 6) is 0.458. The Balaban J connectivity index is 1.82. The molecule has 0 aliphatic rings. The van der Waals surface area contributed by atoms with Crippen LogP contribution in [0.25, 0.3) is 0 Å². The first-order valence-electron chi connectivity index (χ1n) is 8.43. The Kier molecular flexibility index (Phi) is 6.80. The second-order valence-electron chi connectivity index (χ2n) is 6.05. The molecule has 0 atom stereocenters. The van der Waals surface area contributed by atoms with Crippen LogP contribution in [0, 0.1) is 0 Å². The van der Waals surface area contributed by atoms with Gasteiger partial charge in [0.25, 0.3) is 10.0 Å². The summed E-state index contributed by atoms with van der Waals surface area (Å²) in [5, 5.41) is 4.11. The van der Waals surface area contributed by atoms with Crippen molar-refractivity contribution in [3.8, 4) is 5.75 Å². The van der Waals surface area contributed by atoms with Crippen LogP contribution in [0.2, 0.25) is 15.1 Å². The van der Waals surface area contributed by atoms with Crippen molar-refractivity contribution < 1.29 is 13.2 Å². The first-order valence-corrected chi connectivity index (χ1v) is 11.0. The first-order chi connectivity index (χ1) is 13.8. The standard InChI is InChI=1S/C20H17Cl3N2O3S/c1-28-15-6-4-7-16(11-15)29(26,27)25-19-8-3-2-5-13(19)12-24-14-9-17(21)20(23)18(22)10-14/h2-11,24-25H,12H2,1H3. The Hall–Kier alpha value is -2.12. The van der Waals surface area contributed by atoms with Crippen LogP contribution in [0.15, 0.2) is 65.6 Å². The number of para-hydroxylation sites is 1. The number of rotatable bonds is 7. The Labute approximate surface area is 184 Å². The monoisotopic (exact) mass is 470 g/mol. The number of ether oxygens (including phenoxy) is 1. The summed E-state index contributed by atoms with van der Waals surface area (Å²) in [7, 11) is -2.31. The summed E-state index contributed by atoms with van der Waals surface area (Å²) in [6, 6.07) is 16.6. The van der Waals surface area contributed by atoms with E-state index in [0.29, 0.717) is 33.7 Å². The summed E-state index contributed by atoms with van der Waals surface area (Å²) in [6.07, 6.45) is 0. The van der Waals surface area contributed by atoms with E-state index in [1.54, 1.807) is 36.4 Å². The maximum Gasteiger partial charge on any atom is 0.262 e. The van der Waals surface area contributed by atoms with Crippen molar-refractivity contribution in [2.24, 2.45) is 0 Å². The van der Waals surface area contributed by atoms with Crippen LogP contribution >= 0.6 is 34.8 Å². The molecule has 0 amide bonds. The molecule has 0 aromatic heterocycles. The number of anilines is 2. The highest BCUT2D eigenvalue weighted by atomic mass is 35.5. The molecule has 2 N–H and O–H groups in total. The topological polar surface area (TPSA) is 67.4 Å². The lowest BCUT2D eigenvalue weighted by atomic mass is 10.2. The minimum atomic E-state index is -3.79. The maximum atomic E-state index is 12.8. The first kappa shape index (κ1) is 21.6. The fourth-order valence-corrected chi connectivity index (χ4v) is 4.33. The Morgan fingerprint density at radius 3 is 2.31 bits per heavy atom. The highest BCUT2D eigenvalue weighted by Crippen LogP contribution is 2.33.